The van der Waals surface area contributed by atoms with E-state index in [0.717, 1.165) is 31.6 Å². The predicted octanol–water partition coefficient (Wildman–Crippen LogP) is 3.22. The molecule has 1 aliphatic rings. The molecule has 1 aliphatic heterocycles. The topological polar surface area (TPSA) is 37.4 Å². The van der Waals surface area contributed by atoms with Crippen molar-refractivity contribution in [2.45, 2.75) is 23.8 Å². The van der Waals surface area contributed by atoms with E-state index in [-0.39, 0.29) is 5.82 Å². The van der Waals surface area contributed by atoms with Crippen LogP contribution in [0.5, 0.6) is 0 Å². The van der Waals surface area contributed by atoms with Crippen LogP contribution in [0.4, 0.5) is 4.39 Å². The largest absolute Gasteiger partial charge is 0.298 e. The molecular weight excluding hydrogens is 313 g/mol. The molecule has 2 aromatic carbocycles. The fourth-order valence-corrected chi connectivity index (χ4v) is 3.71. The number of sulfone groups is 1. The number of rotatable bonds is 4. The molecule has 1 fully saturated rings. The van der Waals surface area contributed by atoms with Crippen molar-refractivity contribution in [2.24, 2.45) is 0 Å². The summed E-state index contributed by atoms with van der Waals surface area (Å²) < 4.78 is 36.0. The van der Waals surface area contributed by atoms with E-state index in [4.69, 9.17) is 0 Å². The first-order valence-corrected chi connectivity index (χ1v) is 9.58. The molecule has 23 heavy (non-hydrogen) atoms. The average Bonchev–Trinajstić information content (AvgIpc) is 2.96. The number of halogens is 1. The molecule has 122 valence electrons. The van der Waals surface area contributed by atoms with E-state index in [1.807, 2.05) is 24.3 Å². The second-order valence-electron chi connectivity index (χ2n) is 6.19. The summed E-state index contributed by atoms with van der Waals surface area (Å²) in [5, 5.41) is 0. The number of benzene rings is 2. The highest BCUT2D eigenvalue weighted by Crippen LogP contribution is 2.28. The van der Waals surface area contributed by atoms with Crippen LogP contribution in [-0.2, 0) is 16.4 Å². The van der Waals surface area contributed by atoms with Crippen molar-refractivity contribution in [1.82, 2.24) is 4.90 Å². The second-order valence-corrected chi connectivity index (χ2v) is 8.20. The third-order valence-corrected chi connectivity index (χ3v) is 5.50. The third kappa shape index (κ3) is 3.98. The van der Waals surface area contributed by atoms with Gasteiger partial charge in [-0.05, 0) is 54.3 Å². The van der Waals surface area contributed by atoms with Gasteiger partial charge in [-0.15, -0.1) is 0 Å². The quantitative estimate of drug-likeness (QED) is 0.862. The molecule has 2 aromatic rings. The number of hydrogen-bond acceptors (Lipinski definition) is 3. The Hall–Kier alpha value is -1.72. The Morgan fingerprint density at radius 2 is 1.74 bits per heavy atom. The Labute approximate surface area is 136 Å². The molecule has 3 rings (SSSR count). The number of nitrogens with zero attached hydrogens (tertiary/aromatic N) is 1. The van der Waals surface area contributed by atoms with Crippen LogP contribution in [0.15, 0.2) is 53.4 Å². The lowest BCUT2D eigenvalue weighted by atomic mass is 9.99. The number of likely N-dealkylation sites (tertiary alicyclic amines) is 1. The molecule has 1 atom stereocenters. The maximum absolute atomic E-state index is 13.0. The van der Waals surface area contributed by atoms with Crippen LogP contribution < -0.4 is 0 Å². The molecule has 1 saturated heterocycles. The molecule has 5 heteroatoms. The van der Waals surface area contributed by atoms with Crippen molar-refractivity contribution in [3.63, 3.8) is 0 Å². The highest BCUT2D eigenvalue weighted by atomic mass is 32.2. The van der Waals surface area contributed by atoms with Crippen molar-refractivity contribution >= 4 is 9.84 Å². The molecule has 3 nitrogen and oxygen atoms in total. The minimum absolute atomic E-state index is 0.199. The summed E-state index contributed by atoms with van der Waals surface area (Å²) in [6.07, 6.45) is 2.28. The van der Waals surface area contributed by atoms with Gasteiger partial charge in [0.15, 0.2) is 9.84 Å². The average molecular weight is 333 g/mol. The summed E-state index contributed by atoms with van der Waals surface area (Å²) in [7, 11) is -3.14. The van der Waals surface area contributed by atoms with E-state index in [1.54, 1.807) is 12.1 Å². The Kier molecular flexibility index (Phi) is 4.50. The molecule has 0 amide bonds. The van der Waals surface area contributed by atoms with Crippen molar-refractivity contribution in [3.05, 3.63) is 65.5 Å². The van der Waals surface area contributed by atoms with Gasteiger partial charge in [0.05, 0.1) is 4.90 Å². The first kappa shape index (κ1) is 16.1. The van der Waals surface area contributed by atoms with Crippen LogP contribution in [0.25, 0.3) is 0 Å². The van der Waals surface area contributed by atoms with Gasteiger partial charge in [0.1, 0.15) is 5.82 Å². The molecule has 0 bridgehead atoms. The fraction of sp³-hybridized carbons (Fsp3) is 0.333. The standard InChI is InChI=1S/C18H20FNO2S/c1-23(21,22)18-8-2-14(3-9-18)12-20-11-10-16(13-20)15-4-6-17(19)7-5-15/h2-9,16H,10-13H2,1H3. The van der Waals surface area contributed by atoms with Gasteiger partial charge in [0.2, 0.25) is 0 Å². The van der Waals surface area contributed by atoms with Gasteiger partial charge in [-0.1, -0.05) is 24.3 Å². The van der Waals surface area contributed by atoms with E-state index in [0.29, 0.717) is 10.8 Å². The minimum atomic E-state index is -3.14. The Morgan fingerprint density at radius 1 is 1.09 bits per heavy atom. The van der Waals surface area contributed by atoms with E-state index in [2.05, 4.69) is 4.90 Å². The highest BCUT2D eigenvalue weighted by Gasteiger charge is 2.23. The minimum Gasteiger partial charge on any atom is -0.298 e. The van der Waals surface area contributed by atoms with Crippen LogP contribution in [0.2, 0.25) is 0 Å². The number of hydrogen-bond donors (Lipinski definition) is 0. The third-order valence-electron chi connectivity index (χ3n) is 4.37. The fourth-order valence-electron chi connectivity index (χ4n) is 3.08. The van der Waals surface area contributed by atoms with E-state index < -0.39 is 9.84 Å². The van der Waals surface area contributed by atoms with Gasteiger partial charge in [-0.2, -0.15) is 0 Å². The first-order chi connectivity index (χ1) is 10.9. The van der Waals surface area contributed by atoms with Crippen molar-refractivity contribution < 1.29 is 12.8 Å². The van der Waals surface area contributed by atoms with E-state index in [9.17, 15) is 12.8 Å². The lowest BCUT2D eigenvalue weighted by molar-refractivity contribution is 0.327. The molecule has 0 N–H and O–H groups in total. The summed E-state index contributed by atoms with van der Waals surface area (Å²) in [4.78, 5) is 2.70. The molecule has 0 aliphatic carbocycles. The van der Waals surface area contributed by atoms with Crippen molar-refractivity contribution in [1.29, 1.82) is 0 Å². The molecule has 0 saturated carbocycles. The van der Waals surface area contributed by atoms with Gasteiger partial charge >= 0.3 is 0 Å². The predicted molar refractivity (Wildman–Crippen MR) is 88.6 cm³/mol. The van der Waals surface area contributed by atoms with E-state index in [1.165, 1.54) is 24.0 Å². The monoisotopic (exact) mass is 333 g/mol. The lowest BCUT2D eigenvalue weighted by Crippen LogP contribution is -2.19. The lowest BCUT2D eigenvalue weighted by Gasteiger charge is -2.16. The second kappa shape index (κ2) is 6.42. The van der Waals surface area contributed by atoms with Crippen molar-refractivity contribution in [2.75, 3.05) is 19.3 Å². The summed E-state index contributed by atoms with van der Waals surface area (Å²) in [5.41, 5.74) is 2.29. The smallest absolute Gasteiger partial charge is 0.175 e. The molecule has 0 aromatic heterocycles. The van der Waals surface area contributed by atoms with Crippen LogP contribution in [-0.4, -0.2) is 32.7 Å². The maximum Gasteiger partial charge on any atom is 0.175 e. The zero-order valence-electron chi connectivity index (χ0n) is 13.1. The first-order valence-electron chi connectivity index (χ1n) is 7.68. The SMILES string of the molecule is CS(=O)(=O)c1ccc(CN2CCC(c3ccc(F)cc3)C2)cc1. The summed E-state index contributed by atoms with van der Waals surface area (Å²) in [6.45, 7) is 2.75. The molecule has 0 radical (unpaired) electrons. The molecular formula is C18H20FNO2S. The normalized spacial score (nSPS) is 19.1. The van der Waals surface area contributed by atoms with Crippen LogP contribution >= 0.6 is 0 Å². The summed E-state index contributed by atoms with van der Waals surface area (Å²) in [6, 6.07) is 13.8. The van der Waals surface area contributed by atoms with Gasteiger partial charge in [-0.3, -0.25) is 4.90 Å². The zero-order chi connectivity index (χ0) is 16.4. The highest BCUT2D eigenvalue weighted by molar-refractivity contribution is 7.90. The molecule has 0 spiro atoms. The Balaban J connectivity index is 1.62. The van der Waals surface area contributed by atoms with Crippen LogP contribution in [0.3, 0.4) is 0 Å². The van der Waals surface area contributed by atoms with Crippen LogP contribution in [0, 0.1) is 5.82 Å². The van der Waals surface area contributed by atoms with Gasteiger partial charge in [0, 0.05) is 19.3 Å². The van der Waals surface area contributed by atoms with E-state index >= 15 is 0 Å². The Bertz CT molecular complexity index is 770. The van der Waals surface area contributed by atoms with Gasteiger partial charge in [0.25, 0.3) is 0 Å². The van der Waals surface area contributed by atoms with Crippen molar-refractivity contribution in [3.8, 4) is 0 Å². The zero-order valence-corrected chi connectivity index (χ0v) is 13.9. The van der Waals surface area contributed by atoms with Gasteiger partial charge < -0.3 is 0 Å². The summed E-state index contributed by atoms with van der Waals surface area (Å²) in [5.74, 6) is 0.237. The Morgan fingerprint density at radius 3 is 2.35 bits per heavy atom. The van der Waals surface area contributed by atoms with Crippen LogP contribution in [0.1, 0.15) is 23.5 Å². The molecule has 1 heterocycles. The summed E-state index contributed by atoms with van der Waals surface area (Å²) >= 11 is 0. The van der Waals surface area contributed by atoms with Gasteiger partial charge in [-0.25, -0.2) is 12.8 Å². The molecule has 1 unspecified atom stereocenters. The maximum atomic E-state index is 13.0.